The van der Waals surface area contributed by atoms with Crippen LogP contribution < -0.4 is 5.32 Å². The van der Waals surface area contributed by atoms with E-state index in [9.17, 15) is 14.7 Å². The van der Waals surface area contributed by atoms with E-state index in [0.29, 0.717) is 17.4 Å². The third-order valence-corrected chi connectivity index (χ3v) is 4.67. The highest BCUT2D eigenvalue weighted by atomic mass is 79.9. The van der Waals surface area contributed by atoms with Crippen molar-refractivity contribution in [2.75, 3.05) is 0 Å². The van der Waals surface area contributed by atoms with Gasteiger partial charge in [-0.2, -0.15) is 0 Å². The van der Waals surface area contributed by atoms with Crippen molar-refractivity contribution in [1.29, 1.82) is 0 Å². The van der Waals surface area contributed by atoms with Gasteiger partial charge in [0.2, 0.25) is 5.91 Å². The van der Waals surface area contributed by atoms with Gasteiger partial charge in [0.25, 0.3) is 0 Å². The van der Waals surface area contributed by atoms with Gasteiger partial charge in [-0.1, -0.05) is 28.1 Å². The molecule has 106 valence electrons. The van der Waals surface area contributed by atoms with Crippen molar-refractivity contribution in [1.82, 2.24) is 5.32 Å². The summed E-state index contributed by atoms with van der Waals surface area (Å²) in [6, 6.07) is 6.03. The Hall–Kier alpha value is -1.36. The van der Waals surface area contributed by atoms with Crippen LogP contribution in [0.15, 0.2) is 28.7 Å². The van der Waals surface area contributed by atoms with Crippen LogP contribution in [0.25, 0.3) is 0 Å². The molecule has 0 radical (unpaired) electrons. The Kier molecular flexibility index (Phi) is 3.54. The van der Waals surface area contributed by atoms with Crippen molar-refractivity contribution in [2.24, 2.45) is 17.8 Å². The fraction of sp³-hybridized carbons (Fsp3) is 0.467. The van der Waals surface area contributed by atoms with Crippen molar-refractivity contribution >= 4 is 27.8 Å². The maximum Gasteiger partial charge on any atom is 0.330 e. The molecular weight excluding hydrogens is 322 g/mol. The number of rotatable bonds is 5. The molecule has 3 unspecified atom stereocenters. The standard InChI is InChI=1S/C15H16BrNO3/c16-10-5-3-9(4-6-10)13(15(19)20)17-14(18)12-7-11(12)8-1-2-8/h3-6,8,11-13H,1-2,7H2,(H,17,18)(H,19,20). The van der Waals surface area contributed by atoms with E-state index in [1.807, 2.05) is 0 Å². The average Bonchev–Trinajstić information content (AvgIpc) is 3.27. The molecule has 2 aliphatic rings. The van der Waals surface area contributed by atoms with Crippen LogP contribution in [0, 0.1) is 17.8 Å². The summed E-state index contributed by atoms with van der Waals surface area (Å²) in [5.74, 6) is 0.0948. The minimum absolute atomic E-state index is 0.0276. The maximum atomic E-state index is 12.1. The fourth-order valence-electron chi connectivity index (χ4n) is 2.75. The lowest BCUT2D eigenvalue weighted by Crippen LogP contribution is -2.35. The third kappa shape index (κ3) is 2.87. The molecule has 5 heteroatoms. The number of carbonyl (C=O) groups excluding carboxylic acids is 1. The highest BCUT2D eigenvalue weighted by Gasteiger charge is 2.51. The summed E-state index contributed by atoms with van der Waals surface area (Å²) >= 11 is 3.31. The lowest BCUT2D eigenvalue weighted by atomic mass is 10.1. The zero-order chi connectivity index (χ0) is 14.3. The second-order valence-corrected chi connectivity index (χ2v) is 6.59. The number of aliphatic carboxylic acids is 1. The molecule has 0 spiro atoms. The summed E-state index contributed by atoms with van der Waals surface area (Å²) < 4.78 is 0.882. The first-order chi connectivity index (χ1) is 9.56. The fourth-order valence-corrected chi connectivity index (χ4v) is 3.02. The number of halogens is 1. The molecule has 0 aliphatic heterocycles. The Balaban J connectivity index is 1.66. The van der Waals surface area contributed by atoms with Gasteiger partial charge >= 0.3 is 5.97 Å². The molecular formula is C15H16BrNO3. The van der Waals surface area contributed by atoms with Crippen molar-refractivity contribution in [3.05, 3.63) is 34.3 Å². The van der Waals surface area contributed by atoms with Gasteiger partial charge in [0, 0.05) is 10.4 Å². The summed E-state index contributed by atoms with van der Waals surface area (Å²) in [5, 5.41) is 12.0. The Bertz CT molecular complexity index is 539. The van der Waals surface area contributed by atoms with Crippen LogP contribution in [0.4, 0.5) is 0 Å². The number of carboxylic acids is 1. The predicted octanol–water partition coefficient (Wildman–Crippen LogP) is 2.74. The normalized spacial score (nSPS) is 25.9. The van der Waals surface area contributed by atoms with E-state index in [-0.39, 0.29) is 11.8 Å². The van der Waals surface area contributed by atoms with Gasteiger partial charge in [0.05, 0.1) is 0 Å². The Morgan fingerprint density at radius 1 is 1.25 bits per heavy atom. The van der Waals surface area contributed by atoms with Gasteiger partial charge in [0.1, 0.15) is 0 Å². The molecule has 2 fully saturated rings. The summed E-state index contributed by atoms with van der Waals surface area (Å²) in [5.41, 5.74) is 0.595. The predicted molar refractivity (Wildman–Crippen MR) is 77.0 cm³/mol. The largest absolute Gasteiger partial charge is 0.479 e. The Morgan fingerprint density at radius 2 is 1.90 bits per heavy atom. The number of hydrogen-bond acceptors (Lipinski definition) is 2. The molecule has 0 heterocycles. The SMILES string of the molecule is O=C(O)C(NC(=O)C1CC1C1CC1)c1ccc(Br)cc1. The molecule has 2 aliphatic carbocycles. The molecule has 1 aromatic rings. The van der Waals surface area contributed by atoms with E-state index in [0.717, 1.165) is 10.9 Å². The molecule has 3 rings (SSSR count). The lowest BCUT2D eigenvalue weighted by molar-refractivity contribution is -0.142. The first-order valence-corrected chi connectivity index (χ1v) is 7.64. The van der Waals surface area contributed by atoms with Crippen molar-refractivity contribution < 1.29 is 14.7 Å². The smallest absolute Gasteiger partial charge is 0.330 e. The summed E-state index contributed by atoms with van der Waals surface area (Å²) in [6.45, 7) is 0. The zero-order valence-electron chi connectivity index (χ0n) is 10.9. The van der Waals surface area contributed by atoms with Gasteiger partial charge in [-0.25, -0.2) is 4.79 Å². The van der Waals surface area contributed by atoms with Gasteiger partial charge < -0.3 is 10.4 Å². The topological polar surface area (TPSA) is 66.4 Å². The van der Waals surface area contributed by atoms with E-state index in [2.05, 4.69) is 21.2 Å². The molecule has 2 saturated carbocycles. The molecule has 4 nitrogen and oxygen atoms in total. The number of benzene rings is 1. The summed E-state index contributed by atoms with van der Waals surface area (Å²) in [6.07, 6.45) is 3.37. The van der Waals surface area contributed by atoms with Crippen molar-refractivity contribution in [3.63, 3.8) is 0 Å². The van der Waals surface area contributed by atoms with Crippen LogP contribution in [-0.2, 0) is 9.59 Å². The van der Waals surface area contributed by atoms with Crippen molar-refractivity contribution in [2.45, 2.75) is 25.3 Å². The number of carboxylic acid groups (broad SMARTS) is 1. The lowest BCUT2D eigenvalue weighted by Gasteiger charge is -2.15. The first kappa shape index (κ1) is 13.6. The Morgan fingerprint density at radius 3 is 2.45 bits per heavy atom. The zero-order valence-corrected chi connectivity index (χ0v) is 12.5. The maximum absolute atomic E-state index is 12.1. The second kappa shape index (κ2) is 5.20. The quantitative estimate of drug-likeness (QED) is 0.868. The highest BCUT2D eigenvalue weighted by molar-refractivity contribution is 9.10. The number of carbonyl (C=O) groups is 2. The Labute approximate surface area is 125 Å². The minimum atomic E-state index is -1.02. The van der Waals surface area contributed by atoms with E-state index < -0.39 is 12.0 Å². The summed E-state index contributed by atoms with van der Waals surface area (Å²) in [4.78, 5) is 23.5. The third-order valence-electron chi connectivity index (χ3n) is 4.14. The molecule has 2 N–H and O–H groups in total. The highest BCUT2D eigenvalue weighted by Crippen LogP contribution is 2.54. The van der Waals surface area contributed by atoms with Gasteiger partial charge in [-0.05, 0) is 48.8 Å². The van der Waals surface area contributed by atoms with E-state index in [4.69, 9.17) is 0 Å². The van der Waals surface area contributed by atoms with Gasteiger partial charge in [0.15, 0.2) is 6.04 Å². The van der Waals surface area contributed by atoms with E-state index in [1.165, 1.54) is 12.8 Å². The van der Waals surface area contributed by atoms with Gasteiger partial charge in [-0.3, -0.25) is 4.79 Å². The van der Waals surface area contributed by atoms with Crippen molar-refractivity contribution in [3.8, 4) is 0 Å². The minimum Gasteiger partial charge on any atom is -0.479 e. The molecule has 0 bridgehead atoms. The summed E-state index contributed by atoms with van der Waals surface area (Å²) in [7, 11) is 0. The molecule has 0 aromatic heterocycles. The number of amides is 1. The van der Waals surface area contributed by atoms with Gasteiger partial charge in [-0.15, -0.1) is 0 Å². The van der Waals surface area contributed by atoms with Crippen LogP contribution in [0.2, 0.25) is 0 Å². The number of hydrogen-bond donors (Lipinski definition) is 2. The van der Waals surface area contributed by atoms with Crippen LogP contribution in [0.1, 0.15) is 30.9 Å². The average molecular weight is 338 g/mol. The molecule has 0 saturated heterocycles. The molecule has 3 atom stereocenters. The number of nitrogens with one attached hydrogen (secondary N) is 1. The molecule has 1 aromatic carbocycles. The molecule has 1 amide bonds. The van der Waals surface area contributed by atoms with E-state index >= 15 is 0 Å². The second-order valence-electron chi connectivity index (χ2n) is 5.67. The van der Waals surface area contributed by atoms with Crippen LogP contribution >= 0.6 is 15.9 Å². The van der Waals surface area contributed by atoms with Crippen LogP contribution in [0.5, 0.6) is 0 Å². The van der Waals surface area contributed by atoms with Crippen LogP contribution in [0.3, 0.4) is 0 Å². The molecule has 20 heavy (non-hydrogen) atoms. The monoisotopic (exact) mass is 337 g/mol. The van der Waals surface area contributed by atoms with E-state index in [1.54, 1.807) is 24.3 Å². The van der Waals surface area contributed by atoms with Crippen LogP contribution in [-0.4, -0.2) is 17.0 Å². The first-order valence-electron chi connectivity index (χ1n) is 6.85.